The van der Waals surface area contributed by atoms with Crippen molar-refractivity contribution in [2.75, 3.05) is 0 Å². The van der Waals surface area contributed by atoms with Gasteiger partial charge in [0, 0.05) is 10.5 Å². The first-order valence-corrected chi connectivity index (χ1v) is 7.09. The van der Waals surface area contributed by atoms with Crippen molar-refractivity contribution in [3.63, 3.8) is 0 Å². The monoisotopic (exact) mass is 345 g/mol. The van der Waals surface area contributed by atoms with Crippen LogP contribution in [0.15, 0.2) is 22.7 Å². The van der Waals surface area contributed by atoms with E-state index < -0.39 is 5.97 Å². The number of hydrogen-bond donors (Lipinski definition) is 2. The molecule has 6 heteroatoms. The number of rotatable bonds is 4. The third-order valence-corrected chi connectivity index (χ3v) is 4.43. The number of carboxylic acid groups (broad SMARTS) is 1. The van der Waals surface area contributed by atoms with Gasteiger partial charge in [0.2, 0.25) is 5.91 Å². The third kappa shape index (κ3) is 3.70. The number of nitrogens with one attached hydrogen (secondary N) is 1. The van der Waals surface area contributed by atoms with Gasteiger partial charge in [-0.05, 0) is 46.5 Å². The topological polar surface area (TPSA) is 66.4 Å². The number of halogens is 2. The molecule has 1 aliphatic rings. The Bertz CT molecular complexity index is 515. The van der Waals surface area contributed by atoms with Crippen LogP contribution in [0.2, 0.25) is 5.02 Å². The lowest BCUT2D eigenvalue weighted by Crippen LogP contribution is -2.47. The van der Waals surface area contributed by atoms with Gasteiger partial charge in [-0.15, -0.1) is 0 Å². The summed E-state index contributed by atoms with van der Waals surface area (Å²) < 4.78 is 0.793. The zero-order valence-electron chi connectivity index (χ0n) is 10.0. The predicted molar refractivity (Wildman–Crippen MR) is 75.1 cm³/mol. The molecule has 1 aromatic rings. The summed E-state index contributed by atoms with van der Waals surface area (Å²) >= 11 is 9.24. The fourth-order valence-electron chi connectivity index (χ4n) is 2.05. The van der Waals surface area contributed by atoms with Crippen molar-refractivity contribution in [3.8, 4) is 0 Å². The van der Waals surface area contributed by atoms with Gasteiger partial charge in [0.1, 0.15) is 0 Å². The molecule has 4 nitrogen and oxygen atoms in total. The summed E-state index contributed by atoms with van der Waals surface area (Å²) in [6.07, 6.45) is 1.28. The summed E-state index contributed by atoms with van der Waals surface area (Å²) in [6, 6.07) is 5.36. The van der Waals surface area contributed by atoms with Gasteiger partial charge in [0.05, 0.1) is 17.4 Å². The second-order valence-corrected chi connectivity index (χ2v) is 5.96. The van der Waals surface area contributed by atoms with Crippen LogP contribution in [0, 0.1) is 5.92 Å². The molecule has 2 rings (SSSR count). The Labute approximate surface area is 124 Å². The Balaban J connectivity index is 1.82. The highest BCUT2D eigenvalue weighted by Crippen LogP contribution is 2.27. The van der Waals surface area contributed by atoms with Crippen molar-refractivity contribution in [2.45, 2.75) is 25.3 Å². The average molecular weight is 347 g/mol. The molecule has 102 valence electrons. The number of amides is 1. The van der Waals surface area contributed by atoms with Crippen LogP contribution in [0.1, 0.15) is 18.4 Å². The van der Waals surface area contributed by atoms with Gasteiger partial charge in [-0.2, -0.15) is 0 Å². The predicted octanol–water partition coefficient (Wildman–Crippen LogP) is 2.62. The van der Waals surface area contributed by atoms with Crippen molar-refractivity contribution in [1.29, 1.82) is 0 Å². The van der Waals surface area contributed by atoms with E-state index in [9.17, 15) is 9.59 Å². The lowest BCUT2D eigenvalue weighted by Gasteiger charge is -2.32. The molecule has 1 aromatic carbocycles. The van der Waals surface area contributed by atoms with E-state index in [1.165, 1.54) is 0 Å². The van der Waals surface area contributed by atoms with Gasteiger partial charge in [-0.3, -0.25) is 9.59 Å². The Morgan fingerprint density at radius 1 is 1.42 bits per heavy atom. The second-order valence-electron chi connectivity index (χ2n) is 4.70. The Morgan fingerprint density at radius 2 is 2.11 bits per heavy atom. The molecule has 0 saturated heterocycles. The summed E-state index contributed by atoms with van der Waals surface area (Å²) in [5, 5.41) is 12.1. The highest BCUT2D eigenvalue weighted by Gasteiger charge is 2.35. The fraction of sp³-hybridized carbons (Fsp3) is 0.385. The molecule has 0 aliphatic heterocycles. The number of hydrogen-bond acceptors (Lipinski definition) is 2. The Hall–Kier alpha value is -1.07. The average Bonchev–Trinajstić information content (AvgIpc) is 2.27. The van der Waals surface area contributed by atoms with E-state index in [0.29, 0.717) is 17.9 Å². The van der Waals surface area contributed by atoms with Gasteiger partial charge in [0.15, 0.2) is 0 Å². The number of carbonyl (C=O) groups excluding carboxylic acids is 1. The van der Waals surface area contributed by atoms with Gasteiger partial charge in [-0.1, -0.05) is 17.7 Å². The van der Waals surface area contributed by atoms with Crippen molar-refractivity contribution >= 4 is 39.4 Å². The molecule has 1 fully saturated rings. The van der Waals surface area contributed by atoms with E-state index in [4.69, 9.17) is 16.7 Å². The molecule has 1 saturated carbocycles. The third-order valence-electron chi connectivity index (χ3n) is 3.20. The second kappa shape index (κ2) is 5.92. The lowest BCUT2D eigenvalue weighted by molar-refractivity contribution is -0.146. The first-order valence-electron chi connectivity index (χ1n) is 5.92. The Morgan fingerprint density at radius 3 is 2.68 bits per heavy atom. The summed E-state index contributed by atoms with van der Waals surface area (Å²) in [6.45, 7) is 0. The largest absolute Gasteiger partial charge is 0.481 e. The van der Waals surface area contributed by atoms with E-state index in [2.05, 4.69) is 21.2 Å². The van der Waals surface area contributed by atoms with Crippen LogP contribution in [0.5, 0.6) is 0 Å². The molecule has 1 aliphatic carbocycles. The molecule has 0 radical (unpaired) electrons. The highest BCUT2D eigenvalue weighted by molar-refractivity contribution is 9.10. The molecule has 0 atom stereocenters. The number of carboxylic acids is 1. The van der Waals surface area contributed by atoms with Crippen molar-refractivity contribution in [3.05, 3.63) is 33.3 Å². The fourth-order valence-corrected chi connectivity index (χ4v) is 2.50. The quantitative estimate of drug-likeness (QED) is 0.881. The van der Waals surface area contributed by atoms with Gasteiger partial charge in [0.25, 0.3) is 0 Å². The van der Waals surface area contributed by atoms with Crippen molar-refractivity contribution < 1.29 is 14.7 Å². The van der Waals surface area contributed by atoms with E-state index in [1.807, 2.05) is 6.07 Å². The van der Waals surface area contributed by atoms with Crippen LogP contribution in [0.3, 0.4) is 0 Å². The van der Waals surface area contributed by atoms with Crippen LogP contribution in [0.4, 0.5) is 0 Å². The normalized spacial score (nSPS) is 21.6. The minimum Gasteiger partial charge on any atom is -0.481 e. The first kappa shape index (κ1) is 14.3. The van der Waals surface area contributed by atoms with E-state index in [1.54, 1.807) is 12.1 Å². The molecule has 2 N–H and O–H groups in total. The number of benzene rings is 1. The molecule has 19 heavy (non-hydrogen) atoms. The summed E-state index contributed by atoms with van der Waals surface area (Å²) in [5.41, 5.74) is 0.833. The molecular formula is C13H13BrClNO3. The number of carbonyl (C=O) groups is 2. The van der Waals surface area contributed by atoms with E-state index >= 15 is 0 Å². The van der Waals surface area contributed by atoms with Crippen molar-refractivity contribution in [2.24, 2.45) is 5.92 Å². The maximum atomic E-state index is 11.8. The van der Waals surface area contributed by atoms with Crippen LogP contribution in [-0.2, 0) is 16.0 Å². The Kier molecular flexibility index (Phi) is 4.47. The summed E-state index contributed by atoms with van der Waals surface area (Å²) in [7, 11) is 0. The molecule has 0 heterocycles. The van der Waals surface area contributed by atoms with E-state index in [-0.39, 0.29) is 24.3 Å². The maximum Gasteiger partial charge on any atom is 0.306 e. The SMILES string of the molecule is O=C(Cc1ccc(Br)c(Cl)c1)NC1CC(C(=O)O)C1. The zero-order chi connectivity index (χ0) is 14.0. The summed E-state index contributed by atoms with van der Waals surface area (Å²) in [5.74, 6) is -1.20. The van der Waals surface area contributed by atoms with Crippen LogP contribution < -0.4 is 5.32 Å². The molecule has 0 spiro atoms. The van der Waals surface area contributed by atoms with Crippen LogP contribution in [-0.4, -0.2) is 23.0 Å². The minimum absolute atomic E-state index is 0.0143. The molecule has 0 aromatic heterocycles. The maximum absolute atomic E-state index is 11.8. The zero-order valence-corrected chi connectivity index (χ0v) is 12.4. The lowest BCUT2D eigenvalue weighted by atomic mass is 9.80. The minimum atomic E-state index is -0.787. The molecule has 0 unspecified atom stereocenters. The van der Waals surface area contributed by atoms with Crippen LogP contribution >= 0.6 is 27.5 Å². The first-order chi connectivity index (χ1) is 8.95. The molecule has 0 bridgehead atoms. The highest BCUT2D eigenvalue weighted by atomic mass is 79.9. The van der Waals surface area contributed by atoms with Gasteiger partial charge < -0.3 is 10.4 Å². The van der Waals surface area contributed by atoms with Gasteiger partial charge in [-0.25, -0.2) is 0 Å². The molecule has 1 amide bonds. The van der Waals surface area contributed by atoms with Gasteiger partial charge >= 0.3 is 5.97 Å². The smallest absolute Gasteiger partial charge is 0.306 e. The standard InChI is InChI=1S/C13H13BrClNO3/c14-10-2-1-7(3-11(10)15)4-12(17)16-9-5-8(6-9)13(18)19/h1-3,8-9H,4-6H2,(H,16,17)(H,18,19). The van der Waals surface area contributed by atoms with E-state index in [0.717, 1.165) is 10.0 Å². The number of aliphatic carboxylic acids is 1. The molecular weight excluding hydrogens is 334 g/mol. The van der Waals surface area contributed by atoms with Crippen LogP contribution in [0.25, 0.3) is 0 Å². The van der Waals surface area contributed by atoms with Crippen molar-refractivity contribution in [1.82, 2.24) is 5.32 Å². The summed E-state index contributed by atoms with van der Waals surface area (Å²) in [4.78, 5) is 22.4.